The lowest BCUT2D eigenvalue weighted by Gasteiger charge is -2.08. The van der Waals surface area contributed by atoms with Gasteiger partial charge in [0.25, 0.3) is 0 Å². The maximum atomic E-state index is 5.96. The summed E-state index contributed by atoms with van der Waals surface area (Å²) in [6, 6.07) is 6.42. The second kappa shape index (κ2) is 3.42. The molecular formula is C11H15N3. The van der Waals surface area contributed by atoms with E-state index in [1.54, 1.807) is 0 Å². The zero-order chi connectivity index (χ0) is 10.1. The maximum absolute atomic E-state index is 5.96. The number of fused-ring (bicyclic) bond motifs is 1. The molecule has 3 nitrogen and oxygen atoms in total. The molecule has 14 heavy (non-hydrogen) atoms. The molecular weight excluding hydrogens is 174 g/mol. The molecule has 1 unspecified atom stereocenters. The predicted molar refractivity (Wildman–Crippen MR) is 57.9 cm³/mol. The summed E-state index contributed by atoms with van der Waals surface area (Å²) in [7, 11) is 1.95. The van der Waals surface area contributed by atoms with Crippen molar-refractivity contribution in [2.24, 2.45) is 12.8 Å². The number of nitrogens with two attached hydrogens (primary N) is 1. The van der Waals surface area contributed by atoms with Gasteiger partial charge < -0.3 is 5.73 Å². The average Bonchev–Trinajstić information content (AvgIpc) is 2.59. The Labute approximate surface area is 83.5 Å². The minimum Gasteiger partial charge on any atom is -0.324 e. The van der Waals surface area contributed by atoms with Crippen LogP contribution in [0.1, 0.15) is 24.9 Å². The minimum absolute atomic E-state index is 0.139. The van der Waals surface area contributed by atoms with E-state index in [1.165, 1.54) is 5.56 Å². The number of rotatable bonds is 2. The lowest BCUT2D eigenvalue weighted by atomic mass is 10.0. The molecule has 0 aliphatic carbocycles. The van der Waals surface area contributed by atoms with E-state index in [1.807, 2.05) is 17.9 Å². The van der Waals surface area contributed by atoms with Crippen LogP contribution in [-0.4, -0.2) is 9.78 Å². The Kier molecular flexibility index (Phi) is 2.25. The van der Waals surface area contributed by atoms with E-state index in [-0.39, 0.29) is 6.04 Å². The molecule has 1 atom stereocenters. The van der Waals surface area contributed by atoms with Crippen molar-refractivity contribution in [3.8, 4) is 0 Å². The fourth-order valence-corrected chi connectivity index (χ4v) is 1.65. The van der Waals surface area contributed by atoms with Crippen molar-refractivity contribution >= 4 is 10.9 Å². The third kappa shape index (κ3) is 1.40. The largest absolute Gasteiger partial charge is 0.324 e. The van der Waals surface area contributed by atoms with Crippen LogP contribution in [0.5, 0.6) is 0 Å². The maximum Gasteiger partial charge on any atom is 0.0679 e. The Morgan fingerprint density at radius 3 is 3.00 bits per heavy atom. The van der Waals surface area contributed by atoms with Gasteiger partial charge >= 0.3 is 0 Å². The SMILES string of the molecule is CCC(N)c1ccc2c(cnn2C)c1. The number of aromatic nitrogens is 2. The van der Waals surface area contributed by atoms with E-state index in [9.17, 15) is 0 Å². The molecule has 0 bridgehead atoms. The topological polar surface area (TPSA) is 43.8 Å². The molecule has 2 rings (SSSR count). The van der Waals surface area contributed by atoms with Crippen LogP contribution in [0.15, 0.2) is 24.4 Å². The molecule has 1 aromatic carbocycles. The van der Waals surface area contributed by atoms with E-state index < -0.39 is 0 Å². The molecule has 2 N–H and O–H groups in total. The van der Waals surface area contributed by atoms with Gasteiger partial charge in [0.2, 0.25) is 0 Å². The first-order valence-corrected chi connectivity index (χ1v) is 4.89. The Balaban J connectivity index is 2.52. The third-order valence-corrected chi connectivity index (χ3v) is 2.64. The van der Waals surface area contributed by atoms with Crippen LogP contribution >= 0.6 is 0 Å². The molecule has 74 valence electrons. The molecule has 0 aliphatic heterocycles. The van der Waals surface area contributed by atoms with Crippen molar-refractivity contribution in [2.75, 3.05) is 0 Å². The summed E-state index contributed by atoms with van der Waals surface area (Å²) >= 11 is 0. The summed E-state index contributed by atoms with van der Waals surface area (Å²) in [5.41, 5.74) is 8.30. The molecule has 2 aromatic rings. The monoisotopic (exact) mass is 189 g/mol. The van der Waals surface area contributed by atoms with E-state index in [0.29, 0.717) is 0 Å². The van der Waals surface area contributed by atoms with Crippen LogP contribution in [0, 0.1) is 0 Å². The van der Waals surface area contributed by atoms with Crippen LogP contribution in [0.4, 0.5) is 0 Å². The molecule has 0 spiro atoms. The summed E-state index contributed by atoms with van der Waals surface area (Å²) in [4.78, 5) is 0. The quantitative estimate of drug-likeness (QED) is 0.785. The summed E-state index contributed by atoms with van der Waals surface area (Å²) in [5, 5.41) is 5.36. The molecule has 1 heterocycles. The van der Waals surface area contributed by atoms with Crippen molar-refractivity contribution in [2.45, 2.75) is 19.4 Å². The van der Waals surface area contributed by atoms with E-state index in [0.717, 1.165) is 17.3 Å². The highest BCUT2D eigenvalue weighted by atomic mass is 15.2. The van der Waals surface area contributed by atoms with Crippen LogP contribution in [0.25, 0.3) is 10.9 Å². The van der Waals surface area contributed by atoms with E-state index >= 15 is 0 Å². The van der Waals surface area contributed by atoms with Crippen LogP contribution < -0.4 is 5.73 Å². The second-order valence-electron chi connectivity index (χ2n) is 3.60. The first kappa shape index (κ1) is 9.21. The normalized spacial score (nSPS) is 13.4. The number of nitrogens with zero attached hydrogens (tertiary/aromatic N) is 2. The first-order chi connectivity index (χ1) is 6.72. The van der Waals surface area contributed by atoms with Crippen molar-refractivity contribution in [1.82, 2.24) is 9.78 Å². The molecule has 1 aromatic heterocycles. The molecule has 0 aliphatic rings. The van der Waals surface area contributed by atoms with Gasteiger partial charge in [-0.15, -0.1) is 0 Å². The van der Waals surface area contributed by atoms with Gasteiger partial charge in [-0.25, -0.2) is 0 Å². The molecule has 0 amide bonds. The lowest BCUT2D eigenvalue weighted by Crippen LogP contribution is -2.08. The van der Waals surface area contributed by atoms with E-state index in [2.05, 4.69) is 30.2 Å². The Morgan fingerprint density at radius 2 is 2.29 bits per heavy atom. The fourth-order valence-electron chi connectivity index (χ4n) is 1.65. The highest BCUT2D eigenvalue weighted by Crippen LogP contribution is 2.20. The van der Waals surface area contributed by atoms with Crippen LogP contribution in [0.3, 0.4) is 0 Å². The molecule has 0 radical (unpaired) electrons. The van der Waals surface area contributed by atoms with Crippen LogP contribution in [-0.2, 0) is 7.05 Å². The molecule has 3 heteroatoms. The summed E-state index contributed by atoms with van der Waals surface area (Å²) < 4.78 is 1.87. The van der Waals surface area contributed by atoms with Crippen molar-refractivity contribution < 1.29 is 0 Å². The Hall–Kier alpha value is -1.35. The van der Waals surface area contributed by atoms with Crippen molar-refractivity contribution in [3.63, 3.8) is 0 Å². The smallest absolute Gasteiger partial charge is 0.0679 e. The zero-order valence-corrected chi connectivity index (χ0v) is 8.57. The van der Waals surface area contributed by atoms with Gasteiger partial charge in [0.05, 0.1) is 11.7 Å². The minimum atomic E-state index is 0.139. The average molecular weight is 189 g/mol. The summed E-state index contributed by atoms with van der Waals surface area (Å²) in [5.74, 6) is 0. The Bertz CT molecular complexity index is 445. The standard InChI is InChI=1S/C11H15N3/c1-3-10(12)8-4-5-11-9(6-8)7-13-14(11)2/h4-7,10H,3,12H2,1-2H3. The van der Waals surface area contributed by atoms with Gasteiger partial charge in [-0.2, -0.15) is 5.10 Å². The molecule has 0 fully saturated rings. The van der Waals surface area contributed by atoms with Gasteiger partial charge in [0.15, 0.2) is 0 Å². The molecule has 0 saturated heterocycles. The number of hydrogen-bond donors (Lipinski definition) is 1. The van der Waals surface area contributed by atoms with Gasteiger partial charge in [-0.05, 0) is 24.1 Å². The highest BCUT2D eigenvalue weighted by Gasteiger charge is 2.05. The predicted octanol–water partition coefficient (Wildman–Crippen LogP) is 1.98. The second-order valence-corrected chi connectivity index (χ2v) is 3.60. The first-order valence-electron chi connectivity index (χ1n) is 4.89. The number of aryl methyl sites for hydroxylation is 1. The van der Waals surface area contributed by atoms with Crippen LogP contribution in [0.2, 0.25) is 0 Å². The lowest BCUT2D eigenvalue weighted by molar-refractivity contribution is 0.699. The summed E-state index contributed by atoms with van der Waals surface area (Å²) in [6.45, 7) is 2.10. The third-order valence-electron chi connectivity index (χ3n) is 2.64. The van der Waals surface area contributed by atoms with Crippen molar-refractivity contribution in [3.05, 3.63) is 30.0 Å². The molecule has 0 saturated carbocycles. The number of hydrogen-bond acceptors (Lipinski definition) is 2. The van der Waals surface area contributed by atoms with E-state index in [4.69, 9.17) is 5.73 Å². The van der Waals surface area contributed by atoms with Gasteiger partial charge in [-0.3, -0.25) is 4.68 Å². The zero-order valence-electron chi connectivity index (χ0n) is 8.57. The highest BCUT2D eigenvalue weighted by molar-refractivity contribution is 5.79. The van der Waals surface area contributed by atoms with Gasteiger partial charge in [0.1, 0.15) is 0 Å². The van der Waals surface area contributed by atoms with Crippen molar-refractivity contribution in [1.29, 1.82) is 0 Å². The van der Waals surface area contributed by atoms with Gasteiger partial charge in [-0.1, -0.05) is 13.0 Å². The fraction of sp³-hybridized carbons (Fsp3) is 0.364. The Morgan fingerprint density at radius 1 is 1.50 bits per heavy atom. The van der Waals surface area contributed by atoms with Gasteiger partial charge in [0, 0.05) is 18.5 Å². The summed E-state index contributed by atoms with van der Waals surface area (Å²) in [6.07, 6.45) is 2.84. The number of benzene rings is 1.